The van der Waals surface area contributed by atoms with E-state index in [4.69, 9.17) is 9.47 Å². The van der Waals surface area contributed by atoms with Crippen LogP contribution in [0, 0.1) is 12.8 Å². The lowest BCUT2D eigenvalue weighted by Gasteiger charge is -2.53. The zero-order valence-electron chi connectivity index (χ0n) is 14.6. The van der Waals surface area contributed by atoms with Gasteiger partial charge >= 0.3 is 0 Å². The van der Waals surface area contributed by atoms with E-state index < -0.39 is 0 Å². The molecule has 1 atom stereocenters. The van der Waals surface area contributed by atoms with Gasteiger partial charge < -0.3 is 9.47 Å². The number of aromatic nitrogens is 3. The van der Waals surface area contributed by atoms with Gasteiger partial charge in [-0.05, 0) is 32.1 Å². The number of rotatable bonds is 6. The van der Waals surface area contributed by atoms with Gasteiger partial charge in [0.05, 0.1) is 30.6 Å². The molecule has 0 radical (unpaired) electrons. The molecule has 4 rings (SSSR count). The zero-order chi connectivity index (χ0) is 17.1. The lowest BCUT2D eigenvalue weighted by molar-refractivity contribution is -0.182. The Morgan fingerprint density at radius 3 is 3.12 bits per heavy atom. The molecule has 7 heteroatoms. The molecule has 0 amide bonds. The van der Waals surface area contributed by atoms with Gasteiger partial charge in [0.25, 0.3) is 0 Å². The third-order valence-electron chi connectivity index (χ3n) is 4.97. The Balaban J connectivity index is 1.22. The monoisotopic (exact) mass is 360 g/mol. The van der Waals surface area contributed by atoms with E-state index in [1.807, 2.05) is 18.5 Å². The molecule has 1 unspecified atom stereocenters. The van der Waals surface area contributed by atoms with Crippen molar-refractivity contribution in [3.8, 4) is 5.88 Å². The second-order valence-electron chi connectivity index (χ2n) is 7.10. The van der Waals surface area contributed by atoms with Crippen LogP contribution in [0.4, 0.5) is 0 Å². The minimum atomic E-state index is 0.0588. The quantitative estimate of drug-likeness (QED) is 0.789. The normalized spacial score (nSPS) is 22.7. The van der Waals surface area contributed by atoms with E-state index in [0.717, 1.165) is 51.2 Å². The van der Waals surface area contributed by atoms with E-state index in [1.165, 1.54) is 5.01 Å². The third-order valence-corrected chi connectivity index (χ3v) is 5.73. The smallest absolute Gasteiger partial charge is 0.232 e. The molecule has 0 bridgehead atoms. The van der Waals surface area contributed by atoms with Gasteiger partial charge in [-0.1, -0.05) is 0 Å². The Morgan fingerprint density at radius 1 is 1.40 bits per heavy atom. The largest absolute Gasteiger partial charge is 0.477 e. The highest BCUT2D eigenvalue weighted by Gasteiger charge is 2.47. The van der Waals surface area contributed by atoms with Crippen molar-refractivity contribution in [2.75, 3.05) is 26.3 Å². The lowest BCUT2D eigenvalue weighted by atomic mass is 9.79. The fourth-order valence-electron chi connectivity index (χ4n) is 3.84. The SMILES string of the molecule is Cc1cncc(OCCC2CCOC3(C2)CN(Cc2nccs2)C3)n1. The molecule has 1 spiro atoms. The van der Waals surface area contributed by atoms with E-state index in [-0.39, 0.29) is 5.60 Å². The first-order chi connectivity index (χ1) is 12.2. The van der Waals surface area contributed by atoms with Crippen molar-refractivity contribution in [3.63, 3.8) is 0 Å². The summed E-state index contributed by atoms with van der Waals surface area (Å²) in [4.78, 5) is 15.3. The Hall–Kier alpha value is -1.57. The number of ether oxygens (including phenoxy) is 2. The molecule has 4 heterocycles. The van der Waals surface area contributed by atoms with E-state index >= 15 is 0 Å². The van der Waals surface area contributed by atoms with E-state index in [0.29, 0.717) is 18.4 Å². The molecule has 2 saturated heterocycles. The van der Waals surface area contributed by atoms with Gasteiger partial charge in [-0.2, -0.15) is 0 Å². The third kappa shape index (κ3) is 4.16. The maximum atomic E-state index is 6.14. The molecule has 0 saturated carbocycles. The predicted molar refractivity (Wildman–Crippen MR) is 95.7 cm³/mol. The topological polar surface area (TPSA) is 60.4 Å². The summed E-state index contributed by atoms with van der Waals surface area (Å²) < 4.78 is 11.9. The molecule has 0 aromatic carbocycles. The summed E-state index contributed by atoms with van der Waals surface area (Å²) in [6.45, 7) is 6.47. The van der Waals surface area contributed by atoms with E-state index in [9.17, 15) is 0 Å². The molecule has 0 N–H and O–H groups in total. The Kier molecular flexibility index (Phi) is 4.96. The first-order valence-corrected chi connectivity index (χ1v) is 9.75. The summed E-state index contributed by atoms with van der Waals surface area (Å²) in [5.74, 6) is 1.29. The first kappa shape index (κ1) is 16.9. The molecule has 2 aliphatic rings. The highest BCUT2D eigenvalue weighted by atomic mass is 32.1. The standard InChI is InChI=1S/C18H24N4O2S/c1-14-9-19-10-16(21-14)23-5-2-15-3-6-24-18(8-15)12-22(13-18)11-17-20-4-7-25-17/h4,7,9-10,15H,2-3,5-6,8,11-13H2,1H3. The number of hydrogen-bond donors (Lipinski definition) is 0. The molecule has 134 valence electrons. The molecule has 6 nitrogen and oxygen atoms in total. The van der Waals surface area contributed by atoms with Gasteiger partial charge in [0.2, 0.25) is 5.88 Å². The predicted octanol–water partition coefficient (Wildman–Crippen LogP) is 2.69. The van der Waals surface area contributed by atoms with E-state index in [1.54, 1.807) is 23.7 Å². The van der Waals surface area contributed by atoms with Gasteiger partial charge in [0.1, 0.15) is 5.01 Å². The Morgan fingerprint density at radius 2 is 2.32 bits per heavy atom. The molecule has 2 aliphatic heterocycles. The van der Waals surface area contributed by atoms with Crippen LogP contribution >= 0.6 is 11.3 Å². The Bertz CT molecular complexity index is 688. The summed E-state index contributed by atoms with van der Waals surface area (Å²) >= 11 is 1.72. The fraction of sp³-hybridized carbons (Fsp3) is 0.611. The molecular weight excluding hydrogens is 336 g/mol. The van der Waals surface area contributed by atoms with Gasteiger partial charge in [-0.15, -0.1) is 11.3 Å². The van der Waals surface area contributed by atoms with Gasteiger partial charge in [0.15, 0.2) is 0 Å². The summed E-state index contributed by atoms with van der Waals surface area (Å²) in [5.41, 5.74) is 0.945. The van der Waals surface area contributed by atoms with Gasteiger partial charge in [-0.25, -0.2) is 9.97 Å². The van der Waals surface area contributed by atoms with Crippen LogP contribution < -0.4 is 4.74 Å². The van der Waals surface area contributed by atoms with Crippen molar-refractivity contribution in [2.24, 2.45) is 5.92 Å². The van der Waals surface area contributed by atoms with Crippen molar-refractivity contribution in [3.05, 3.63) is 34.7 Å². The molecule has 2 fully saturated rings. The van der Waals surface area contributed by atoms with Crippen molar-refractivity contribution >= 4 is 11.3 Å². The van der Waals surface area contributed by atoms with Crippen LogP contribution in [0.3, 0.4) is 0 Å². The Labute approximate surface area is 152 Å². The molecule has 2 aromatic heterocycles. The summed E-state index contributed by atoms with van der Waals surface area (Å²) in [7, 11) is 0. The molecule has 25 heavy (non-hydrogen) atoms. The van der Waals surface area contributed by atoms with Crippen LogP contribution in [0.25, 0.3) is 0 Å². The number of likely N-dealkylation sites (tertiary alicyclic amines) is 1. The van der Waals surface area contributed by atoms with Crippen molar-refractivity contribution in [2.45, 2.75) is 38.3 Å². The second-order valence-corrected chi connectivity index (χ2v) is 8.08. The maximum Gasteiger partial charge on any atom is 0.232 e. The van der Waals surface area contributed by atoms with Crippen LogP contribution in [0.2, 0.25) is 0 Å². The highest BCUT2D eigenvalue weighted by molar-refractivity contribution is 7.09. The minimum absolute atomic E-state index is 0.0588. The molecule has 0 aliphatic carbocycles. The zero-order valence-corrected chi connectivity index (χ0v) is 15.4. The minimum Gasteiger partial charge on any atom is -0.477 e. The lowest BCUT2D eigenvalue weighted by Crippen LogP contribution is -2.64. The average molecular weight is 360 g/mol. The number of nitrogens with zero attached hydrogens (tertiary/aromatic N) is 4. The highest BCUT2D eigenvalue weighted by Crippen LogP contribution is 2.38. The van der Waals surface area contributed by atoms with Crippen molar-refractivity contribution in [1.29, 1.82) is 0 Å². The van der Waals surface area contributed by atoms with Crippen molar-refractivity contribution in [1.82, 2.24) is 19.9 Å². The van der Waals surface area contributed by atoms with Crippen LogP contribution in [0.5, 0.6) is 5.88 Å². The van der Waals surface area contributed by atoms with Crippen LogP contribution in [0.1, 0.15) is 30.0 Å². The van der Waals surface area contributed by atoms with Gasteiger partial charge in [-0.3, -0.25) is 9.88 Å². The van der Waals surface area contributed by atoms with Crippen LogP contribution in [-0.2, 0) is 11.3 Å². The van der Waals surface area contributed by atoms with Gasteiger partial charge in [0, 0.05) is 37.5 Å². The molecule has 2 aromatic rings. The second kappa shape index (κ2) is 7.35. The summed E-state index contributed by atoms with van der Waals surface area (Å²) in [6, 6.07) is 0. The molecular formula is C18H24N4O2S. The van der Waals surface area contributed by atoms with Crippen molar-refractivity contribution < 1.29 is 9.47 Å². The van der Waals surface area contributed by atoms with Crippen LogP contribution in [0.15, 0.2) is 24.0 Å². The van der Waals surface area contributed by atoms with Crippen LogP contribution in [-0.4, -0.2) is 51.8 Å². The number of hydrogen-bond acceptors (Lipinski definition) is 7. The first-order valence-electron chi connectivity index (χ1n) is 8.87. The summed E-state index contributed by atoms with van der Waals surface area (Å²) in [6.07, 6.45) is 8.60. The number of thiazole rings is 1. The summed E-state index contributed by atoms with van der Waals surface area (Å²) in [5, 5.41) is 3.23. The number of aryl methyl sites for hydroxylation is 1. The fourth-order valence-corrected chi connectivity index (χ4v) is 4.50. The average Bonchev–Trinajstić information content (AvgIpc) is 3.07. The maximum absolute atomic E-state index is 6.14. The van der Waals surface area contributed by atoms with E-state index in [2.05, 4.69) is 19.9 Å².